The summed E-state index contributed by atoms with van der Waals surface area (Å²) in [6, 6.07) is 7.19. The Balaban J connectivity index is 1.91. The van der Waals surface area contributed by atoms with Crippen molar-refractivity contribution < 1.29 is 8.42 Å². The molecule has 112 valence electrons. The highest BCUT2D eigenvalue weighted by atomic mass is 35.5. The van der Waals surface area contributed by atoms with Crippen LogP contribution in [0.3, 0.4) is 0 Å². The maximum absolute atomic E-state index is 12.3. The molecule has 0 amide bonds. The highest BCUT2D eigenvalue weighted by molar-refractivity contribution is 7.91. The number of halogens is 1. The molecule has 5 nitrogen and oxygen atoms in total. The van der Waals surface area contributed by atoms with Gasteiger partial charge in [0.05, 0.1) is 27.6 Å². The number of sulfone groups is 1. The van der Waals surface area contributed by atoms with Gasteiger partial charge in [0, 0.05) is 26.7 Å². The second-order valence-electron chi connectivity index (χ2n) is 5.20. The van der Waals surface area contributed by atoms with Gasteiger partial charge in [0.2, 0.25) is 0 Å². The van der Waals surface area contributed by atoms with Gasteiger partial charge in [-0.3, -0.25) is 9.58 Å². The van der Waals surface area contributed by atoms with Gasteiger partial charge in [-0.2, -0.15) is 5.10 Å². The molecule has 0 aliphatic carbocycles. The van der Waals surface area contributed by atoms with Crippen LogP contribution in [-0.2, 0) is 30.0 Å². The van der Waals surface area contributed by atoms with Crippen LogP contribution in [0, 0.1) is 0 Å². The lowest BCUT2D eigenvalue weighted by molar-refractivity contribution is 0.266. The topological polar surface area (TPSA) is 55.2 Å². The Kier molecular flexibility index (Phi) is 3.77. The molecule has 1 aromatic carbocycles. The predicted octanol–water partition coefficient (Wildman–Crippen LogP) is 1.86. The van der Waals surface area contributed by atoms with Gasteiger partial charge in [-0.1, -0.05) is 29.8 Å². The number of hydrogen-bond acceptors (Lipinski definition) is 4. The van der Waals surface area contributed by atoms with E-state index in [1.165, 1.54) is 0 Å². The lowest BCUT2D eigenvalue weighted by atomic mass is 10.2. The van der Waals surface area contributed by atoms with Crippen LogP contribution in [0.4, 0.5) is 0 Å². The van der Waals surface area contributed by atoms with Crippen LogP contribution in [0.15, 0.2) is 35.4 Å². The van der Waals surface area contributed by atoms with E-state index in [9.17, 15) is 8.42 Å². The lowest BCUT2D eigenvalue weighted by Gasteiger charge is -2.20. The van der Waals surface area contributed by atoms with Crippen LogP contribution in [0.2, 0.25) is 5.02 Å². The summed E-state index contributed by atoms with van der Waals surface area (Å²) in [5.41, 5.74) is 1.74. The summed E-state index contributed by atoms with van der Waals surface area (Å²) in [5, 5.41) is 4.73. The zero-order valence-electron chi connectivity index (χ0n) is 11.7. The van der Waals surface area contributed by atoms with E-state index >= 15 is 0 Å². The van der Waals surface area contributed by atoms with Crippen molar-refractivity contribution in [3.8, 4) is 0 Å². The van der Waals surface area contributed by atoms with Crippen molar-refractivity contribution >= 4 is 21.4 Å². The molecule has 3 rings (SSSR count). The number of hydrogen-bond donors (Lipinski definition) is 0. The fraction of sp³-hybridized carbons (Fsp3) is 0.357. The van der Waals surface area contributed by atoms with Crippen molar-refractivity contribution in [2.24, 2.45) is 7.05 Å². The summed E-state index contributed by atoms with van der Waals surface area (Å²) < 4.78 is 26.3. The maximum atomic E-state index is 12.3. The van der Waals surface area contributed by atoms with Gasteiger partial charge in [0.15, 0.2) is 9.84 Å². The van der Waals surface area contributed by atoms with Gasteiger partial charge in [0.25, 0.3) is 0 Å². The van der Waals surface area contributed by atoms with E-state index < -0.39 is 9.84 Å². The van der Waals surface area contributed by atoms with Gasteiger partial charge in [-0.15, -0.1) is 0 Å². The van der Waals surface area contributed by atoms with Gasteiger partial charge in [-0.25, -0.2) is 8.42 Å². The predicted molar refractivity (Wildman–Crippen MR) is 80.8 cm³/mol. The Morgan fingerprint density at radius 1 is 1.33 bits per heavy atom. The van der Waals surface area contributed by atoms with Gasteiger partial charge < -0.3 is 0 Å². The van der Waals surface area contributed by atoms with Crippen molar-refractivity contribution in [2.45, 2.75) is 18.0 Å². The van der Waals surface area contributed by atoms with Crippen LogP contribution in [0.25, 0.3) is 0 Å². The first-order valence-electron chi connectivity index (χ1n) is 6.67. The second kappa shape index (κ2) is 5.44. The Labute approximate surface area is 129 Å². The minimum absolute atomic E-state index is 0.124. The Morgan fingerprint density at radius 3 is 2.81 bits per heavy atom. The van der Waals surface area contributed by atoms with Crippen molar-refractivity contribution in [1.29, 1.82) is 0 Å². The van der Waals surface area contributed by atoms with Crippen LogP contribution in [0.1, 0.15) is 11.3 Å². The normalized spacial score (nSPS) is 18.2. The zero-order chi connectivity index (χ0) is 15.0. The van der Waals surface area contributed by atoms with Gasteiger partial charge in [0.1, 0.15) is 0 Å². The van der Waals surface area contributed by atoms with Crippen molar-refractivity contribution in [3.05, 3.63) is 46.7 Å². The van der Waals surface area contributed by atoms with E-state index in [2.05, 4.69) is 10.00 Å². The van der Waals surface area contributed by atoms with E-state index in [0.717, 1.165) is 11.3 Å². The third-order valence-corrected chi connectivity index (χ3v) is 5.87. The molecule has 21 heavy (non-hydrogen) atoms. The summed E-state index contributed by atoms with van der Waals surface area (Å²) in [7, 11) is -1.37. The van der Waals surface area contributed by atoms with Crippen molar-refractivity contribution in [3.63, 3.8) is 0 Å². The van der Waals surface area contributed by atoms with Crippen LogP contribution >= 0.6 is 11.6 Å². The zero-order valence-corrected chi connectivity index (χ0v) is 13.2. The standard InChI is InChI=1S/C14H16ClN3O2S/c1-17-13(12(15)8-16-17)10-18-6-7-21(19,20)14-5-3-2-4-11(14)9-18/h2-5,8H,6-7,9-10H2,1H3. The van der Waals surface area contributed by atoms with E-state index in [4.69, 9.17) is 11.6 Å². The molecule has 0 N–H and O–H groups in total. The number of fused-ring (bicyclic) bond motifs is 1. The van der Waals surface area contributed by atoms with Crippen LogP contribution in [-0.4, -0.2) is 35.4 Å². The van der Waals surface area contributed by atoms with Crippen molar-refractivity contribution in [2.75, 3.05) is 12.3 Å². The van der Waals surface area contributed by atoms with E-state index in [1.54, 1.807) is 23.0 Å². The third-order valence-electron chi connectivity index (χ3n) is 3.76. The lowest BCUT2D eigenvalue weighted by Crippen LogP contribution is -2.26. The maximum Gasteiger partial charge on any atom is 0.179 e. The summed E-state index contributed by atoms with van der Waals surface area (Å²) in [4.78, 5) is 2.54. The first-order valence-corrected chi connectivity index (χ1v) is 8.70. The average molecular weight is 326 g/mol. The summed E-state index contributed by atoms with van der Waals surface area (Å²) in [6.45, 7) is 1.66. The third kappa shape index (κ3) is 2.84. The average Bonchev–Trinajstić information content (AvgIpc) is 2.69. The number of benzene rings is 1. The molecular weight excluding hydrogens is 310 g/mol. The molecule has 0 atom stereocenters. The van der Waals surface area contributed by atoms with Gasteiger partial charge >= 0.3 is 0 Å². The molecule has 0 saturated heterocycles. The number of rotatable bonds is 2. The first kappa shape index (κ1) is 14.6. The Morgan fingerprint density at radius 2 is 2.10 bits per heavy atom. The molecule has 0 saturated carbocycles. The Hall–Kier alpha value is -1.37. The van der Waals surface area contributed by atoms with E-state index in [1.807, 2.05) is 19.2 Å². The molecule has 1 aromatic heterocycles. The summed E-state index contributed by atoms with van der Waals surface area (Å²) in [6.07, 6.45) is 1.61. The number of aromatic nitrogens is 2. The quantitative estimate of drug-likeness (QED) is 0.845. The summed E-state index contributed by atoms with van der Waals surface area (Å²) >= 11 is 6.13. The highest BCUT2D eigenvalue weighted by Gasteiger charge is 2.25. The molecule has 7 heteroatoms. The minimum atomic E-state index is -3.21. The monoisotopic (exact) mass is 325 g/mol. The molecule has 1 aliphatic heterocycles. The molecule has 2 heterocycles. The number of aryl methyl sites for hydroxylation is 1. The Bertz CT molecular complexity index is 751. The smallest absolute Gasteiger partial charge is 0.179 e. The van der Waals surface area contributed by atoms with Gasteiger partial charge in [-0.05, 0) is 11.6 Å². The van der Waals surface area contributed by atoms with Crippen molar-refractivity contribution in [1.82, 2.24) is 14.7 Å². The fourth-order valence-corrected chi connectivity index (χ4v) is 4.34. The molecular formula is C14H16ClN3O2S. The number of nitrogens with zero attached hydrogens (tertiary/aromatic N) is 3. The molecule has 0 unspecified atom stereocenters. The highest BCUT2D eigenvalue weighted by Crippen LogP contribution is 2.24. The SMILES string of the molecule is Cn1ncc(Cl)c1CN1CCS(=O)(=O)c2ccccc2C1. The fourth-order valence-electron chi connectivity index (χ4n) is 2.58. The molecule has 2 aromatic rings. The van der Waals surface area contributed by atoms with Crippen LogP contribution in [0.5, 0.6) is 0 Å². The second-order valence-corrected chi connectivity index (χ2v) is 7.68. The summed E-state index contributed by atoms with van der Waals surface area (Å²) in [5.74, 6) is 0.124. The van der Waals surface area contributed by atoms with E-state index in [-0.39, 0.29) is 5.75 Å². The minimum Gasteiger partial charge on any atom is -0.292 e. The molecule has 0 spiro atoms. The largest absolute Gasteiger partial charge is 0.292 e. The van der Waals surface area contributed by atoms with Crippen LogP contribution < -0.4 is 0 Å². The van der Waals surface area contributed by atoms with E-state index in [0.29, 0.717) is 29.6 Å². The molecule has 0 bridgehead atoms. The first-order chi connectivity index (χ1) is 9.97. The molecule has 0 radical (unpaired) electrons. The molecule has 1 aliphatic rings. The molecule has 0 fully saturated rings.